The predicted octanol–water partition coefficient (Wildman–Crippen LogP) is -0.0162. The zero-order chi connectivity index (χ0) is 22.8. The summed E-state index contributed by atoms with van der Waals surface area (Å²) in [6.45, 7) is 0. The van der Waals surface area contributed by atoms with E-state index in [1.54, 1.807) is 43.4 Å². The average Bonchev–Trinajstić information content (AvgIpc) is 2.74. The van der Waals surface area contributed by atoms with Crippen LogP contribution in [0.25, 0.3) is 22.0 Å². The van der Waals surface area contributed by atoms with Gasteiger partial charge in [-0.05, 0) is 41.5 Å². The maximum absolute atomic E-state index is 13.5. The summed E-state index contributed by atoms with van der Waals surface area (Å²) in [7, 11) is -3.19. The molecule has 0 unspecified atom stereocenters. The number of aromatic nitrogens is 1. The first kappa shape index (κ1) is 23.2. The summed E-state index contributed by atoms with van der Waals surface area (Å²) in [5.41, 5.74) is 8.61. The number of carbonyl (C=O) groups excluding carboxylic acids is 1. The third-order valence-electron chi connectivity index (χ3n) is 5.64. The van der Waals surface area contributed by atoms with E-state index in [2.05, 4.69) is 5.32 Å². The minimum absolute atomic E-state index is 0. The molecule has 160 valence electrons. The van der Waals surface area contributed by atoms with Crippen LogP contribution in [0.4, 0.5) is 17.1 Å². The van der Waals surface area contributed by atoms with Crippen molar-refractivity contribution < 1.29 is 47.3 Å². The zero-order valence-electron chi connectivity index (χ0n) is 17.7. The Kier molecular flexibility index (Phi) is 5.71. The summed E-state index contributed by atoms with van der Waals surface area (Å²) in [5.74, 6) is -0.282. The summed E-state index contributed by atoms with van der Waals surface area (Å²) >= 11 is 0. The van der Waals surface area contributed by atoms with E-state index in [0.717, 1.165) is 6.07 Å². The van der Waals surface area contributed by atoms with Crippen molar-refractivity contribution in [1.29, 1.82) is 0 Å². The number of hydrogen-bond donors (Lipinski definition) is 2. The molecule has 0 spiro atoms. The number of hydrogen-bond acceptors (Lipinski definition) is 7. The summed E-state index contributed by atoms with van der Waals surface area (Å²) in [6, 6.07) is 15.5. The summed E-state index contributed by atoms with van der Waals surface area (Å²) < 4.78 is 36.7. The maximum Gasteiger partial charge on any atom is 1.00 e. The molecule has 5 rings (SSSR count). The van der Waals surface area contributed by atoms with E-state index in [4.69, 9.17) is 5.73 Å². The molecule has 0 radical (unpaired) electrons. The number of aryl methyl sites for hydroxylation is 1. The van der Waals surface area contributed by atoms with Crippen molar-refractivity contribution in [2.24, 2.45) is 7.05 Å². The quantitative estimate of drug-likeness (QED) is 0.216. The van der Waals surface area contributed by atoms with Crippen molar-refractivity contribution in [3.05, 3.63) is 82.1 Å². The van der Waals surface area contributed by atoms with Crippen LogP contribution in [-0.2, 0) is 17.2 Å². The molecule has 0 bridgehead atoms. The second kappa shape index (κ2) is 8.12. The van der Waals surface area contributed by atoms with E-state index in [-0.39, 0.29) is 57.8 Å². The molecule has 4 aromatic rings. The van der Waals surface area contributed by atoms with Gasteiger partial charge in [0.2, 0.25) is 0 Å². The first-order chi connectivity index (χ1) is 15.2. The zero-order valence-corrected chi connectivity index (χ0v) is 20.6. The molecule has 3 aromatic carbocycles. The fourth-order valence-electron chi connectivity index (χ4n) is 4.17. The number of anilines is 3. The maximum atomic E-state index is 13.5. The number of pyridine rings is 1. The number of fused-ring (bicyclic) bond motifs is 2. The summed E-state index contributed by atoms with van der Waals surface area (Å²) in [4.78, 5) is 25.6. The normalized spacial score (nSPS) is 12.2. The minimum Gasteiger partial charge on any atom is -0.744 e. The Balaban J connectivity index is 0.00000259. The van der Waals surface area contributed by atoms with Crippen LogP contribution in [-0.4, -0.2) is 23.3 Å². The first-order valence-corrected chi connectivity index (χ1v) is 11.0. The van der Waals surface area contributed by atoms with Gasteiger partial charge in [0, 0.05) is 29.8 Å². The van der Waals surface area contributed by atoms with E-state index < -0.39 is 15.0 Å². The second-order valence-electron chi connectivity index (χ2n) is 7.55. The van der Waals surface area contributed by atoms with Gasteiger partial charge in [-0.1, -0.05) is 24.3 Å². The molecule has 0 saturated heterocycles. The fraction of sp³-hybridized carbons (Fsp3) is 0.0435. The number of nitrogens with two attached hydrogens (primary N) is 1. The third kappa shape index (κ3) is 3.68. The number of nitrogens with one attached hydrogen (secondary N) is 1. The van der Waals surface area contributed by atoms with Crippen LogP contribution < -0.4 is 46.2 Å². The molecule has 3 N–H and O–H groups in total. The topological polar surface area (TPSA) is 134 Å². The van der Waals surface area contributed by atoms with Crippen molar-refractivity contribution in [2.75, 3.05) is 11.1 Å². The van der Waals surface area contributed by atoms with Gasteiger partial charge in [-0.2, -0.15) is 0 Å². The number of rotatable bonds is 3. The van der Waals surface area contributed by atoms with Crippen LogP contribution in [0, 0.1) is 0 Å². The molecule has 1 heterocycles. The first-order valence-electron chi connectivity index (χ1n) is 9.60. The Hall–Kier alpha value is -2.95. The Labute approximate surface area is 211 Å². The van der Waals surface area contributed by atoms with Gasteiger partial charge in [0.15, 0.2) is 5.78 Å². The van der Waals surface area contributed by atoms with Gasteiger partial charge in [-0.3, -0.25) is 9.59 Å². The van der Waals surface area contributed by atoms with Crippen LogP contribution >= 0.6 is 0 Å². The second-order valence-corrected chi connectivity index (χ2v) is 8.90. The minimum atomic E-state index is -4.80. The molecular weight excluding hydrogens is 453 g/mol. The molecule has 0 aliphatic heterocycles. The monoisotopic (exact) mass is 469 g/mol. The van der Waals surface area contributed by atoms with E-state index >= 15 is 0 Å². The van der Waals surface area contributed by atoms with E-state index in [0.29, 0.717) is 33.3 Å². The molecule has 8 nitrogen and oxygen atoms in total. The van der Waals surface area contributed by atoms with Crippen LogP contribution in [0.1, 0.15) is 15.9 Å². The van der Waals surface area contributed by atoms with Gasteiger partial charge in [0.05, 0.1) is 27.4 Å². The molecule has 0 amide bonds. The van der Waals surface area contributed by atoms with Crippen molar-refractivity contribution in [2.45, 2.75) is 4.90 Å². The molecule has 0 saturated carbocycles. The van der Waals surface area contributed by atoms with Gasteiger partial charge < -0.3 is 20.2 Å². The van der Waals surface area contributed by atoms with Gasteiger partial charge in [0.25, 0.3) is 5.56 Å². The number of nitrogen functional groups attached to an aromatic ring is 1. The molecule has 1 aliphatic carbocycles. The summed E-state index contributed by atoms with van der Waals surface area (Å²) in [6.07, 6.45) is 0. The summed E-state index contributed by atoms with van der Waals surface area (Å²) in [5, 5.41) is 3.49. The molecule has 0 fully saturated rings. The molecule has 33 heavy (non-hydrogen) atoms. The number of benzene rings is 3. The number of carbonyl (C=O) groups is 1. The Morgan fingerprint density at radius 1 is 0.909 bits per heavy atom. The molecule has 1 aliphatic rings. The standard InChI is InChI=1S/C23H17N3O5S.Na/c1-26-18-8-7-16(25-17-10-12(24)6-9-19(17)32(29,30)31)22-21(18)15(11-20(26)27)13-4-2-3-5-14(13)23(22)28;/h2-11,25H,24H2,1H3,(H,29,30,31);/q;+1/p-1. The smallest absolute Gasteiger partial charge is 0.744 e. The predicted molar refractivity (Wildman–Crippen MR) is 120 cm³/mol. The van der Waals surface area contributed by atoms with Crippen molar-refractivity contribution in [1.82, 2.24) is 4.57 Å². The van der Waals surface area contributed by atoms with Crippen molar-refractivity contribution in [3.8, 4) is 11.1 Å². The van der Waals surface area contributed by atoms with E-state index in [9.17, 15) is 22.6 Å². The Bertz CT molecular complexity index is 1640. The van der Waals surface area contributed by atoms with Crippen LogP contribution in [0.3, 0.4) is 0 Å². The van der Waals surface area contributed by atoms with Crippen molar-refractivity contribution in [3.63, 3.8) is 0 Å². The van der Waals surface area contributed by atoms with E-state index in [1.807, 2.05) is 0 Å². The van der Waals surface area contributed by atoms with Crippen LogP contribution in [0.2, 0.25) is 0 Å². The van der Waals surface area contributed by atoms with Gasteiger partial charge in [-0.25, -0.2) is 8.42 Å². The fourth-order valence-corrected chi connectivity index (χ4v) is 4.78. The average molecular weight is 469 g/mol. The number of ketones is 1. The third-order valence-corrected chi connectivity index (χ3v) is 6.54. The number of nitrogens with zero attached hydrogens (tertiary/aromatic N) is 1. The van der Waals surface area contributed by atoms with Crippen LogP contribution in [0.5, 0.6) is 0 Å². The van der Waals surface area contributed by atoms with Gasteiger partial charge in [-0.15, -0.1) is 0 Å². The molecule has 10 heteroatoms. The SMILES string of the molecule is Cn1c(=O)cc2c3c(c(Nc4cc(N)ccc4S(=O)(=O)[O-])ccc31)C(=O)c1ccccc1-2.[Na+]. The van der Waals surface area contributed by atoms with Gasteiger partial charge in [0.1, 0.15) is 10.1 Å². The van der Waals surface area contributed by atoms with Gasteiger partial charge >= 0.3 is 29.6 Å². The Morgan fingerprint density at radius 2 is 1.61 bits per heavy atom. The van der Waals surface area contributed by atoms with Crippen LogP contribution in [0.15, 0.2) is 70.4 Å². The Morgan fingerprint density at radius 3 is 2.30 bits per heavy atom. The van der Waals surface area contributed by atoms with Crippen molar-refractivity contribution >= 4 is 43.9 Å². The molecular formula is C23H16N3NaO5S. The molecule has 0 atom stereocenters. The van der Waals surface area contributed by atoms with E-state index in [1.165, 1.54) is 22.8 Å². The largest absolute Gasteiger partial charge is 1.00 e. The molecule has 1 aromatic heterocycles.